The normalized spacial score (nSPS) is 13.4. The number of hydrogen-bond donors (Lipinski definition) is 2. The van der Waals surface area contributed by atoms with Gasteiger partial charge in [-0.1, -0.05) is 6.07 Å². The summed E-state index contributed by atoms with van der Waals surface area (Å²) in [6, 6.07) is 5.50. The Morgan fingerprint density at radius 2 is 2.04 bits per heavy atom. The van der Waals surface area contributed by atoms with Gasteiger partial charge in [0.05, 0.1) is 17.8 Å². The van der Waals surface area contributed by atoms with E-state index in [2.05, 4.69) is 30.6 Å². The Bertz CT molecular complexity index is 1150. The summed E-state index contributed by atoms with van der Waals surface area (Å²) in [6.07, 6.45) is 3.45. The van der Waals surface area contributed by atoms with E-state index in [1.54, 1.807) is 10.9 Å². The Labute approximate surface area is 149 Å². The molecule has 0 saturated carbocycles. The third kappa shape index (κ3) is 2.61. The van der Waals surface area contributed by atoms with Crippen LogP contribution < -0.4 is 10.9 Å². The summed E-state index contributed by atoms with van der Waals surface area (Å²) < 4.78 is 3.65. The van der Waals surface area contributed by atoms with Crippen molar-refractivity contribution in [2.45, 2.75) is 39.3 Å². The summed E-state index contributed by atoms with van der Waals surface area (Å²) in [7, 11) is 0. The molecule has 1 unspecified atom stereocenters. The molecule has 9 heteroatoms. The van der Waals surface area contributed by atoms with Crippen molar-refractivity contribution in [1.82, 2.24) is 34.3 Å². The number of nitrogens with one attached hydrogen (secondary N) is 2. The van der Waals surface area contributed by atoms with E-state index in [1.807, 2.05) is 56.5 Å². The molecule has 4 heterocycles. The third-order valence-electron chi connectivity index (χ3n) is 4.15. The van der Waals surface area contributed by atoms with Crippen LogP contribution in [0.5, 0.6) is 0 Å². The number of H-pyrrole nitrogens is 1. The van der Waals surface area contributed by atoms with E-state index in [-0.39, 0.29) is 17.1 Å². The number of rotatable bonds is 3. The molecular weight excluding hydrogens is 332 g/mol. The molecule has 0 spiro atoms. The molecule has 0 aliphatic carbocycles. The summed E-state index contributed by atoms with van der Waals surface area (Å²) in [5.41, 5.74) is 0.793. The zero-order chi connectivity index (χ0) is 18.5. The Balaban J connectivity index is 1.74. The fourth-order valence-corrected chi connectivity index (χ4v) is 2.90. The maximum atomic E-state index is 12.4. The molecule has 0 saturated heterocycles. The maximum absolute atomic E-state index is 12.4. The fourth-order valence-electron chi connectivity index (χ4n) is 2.90. The number of aromatic amines is 1. The quantitative estimate of drug-likeness (QED) is 0.585. The molecule has 0 aliphatic rings. The lowest BCUT2D eigenvalue weighted by Gasteiger charge is -2.20. The molecule has 134 valence electrons. The third-order valence-corrected chi connectivity index (χ3v) is 4.15. The van der Waals surface area contributed by atoms with E-state index in [4.69, 9.17) is 0 Å². The standard InChI is InChI=1S/C17H20N8O/c1-10(13-23-22-12-7-5-6-8-24(12)13)19-16-20-14-11(15(26)21-16)9-18-25(14)17(2,3)4/h5-10H,1-4H3,(H2,19,20,21,26). The van der Waals surface area contributed by atoms with Crippen LogP contribution in [0.15, 0.2) is 35.4 Å². The second kappa shape index (κ2) is 5.65. The molecular formula is C17H20N8O. The first kappa shape index (κ1) is 16.2. The van der Waals surface area contributed by atoms with Gasteiger partial charge >= 0.3 is 0 Å². The lowest BCUT2D eigenvalue weighted by Crippen LogP contribution is -2.24. The van der Waals surface area contributed by atoms with Crippen LogP contribution in [-0.4, -0.2) is 34.3 Å². The van der Waals surface area contributed by atoms with Gasteiger partial charge in [-0.3, -0.25) is 14.2 Å². The van der Waals surface area contributed by atoms with Crippen molar-refractivity contribution in [3.8, 4) is 0 Å². The van der Waals surface area contributed by atoms with Gasteiger partial charge in [0, 0.05) is 6.20 Å². The molecule has 1 atom stereocenters. The number of anilines is 1. The van der Waals surface area contributed by atoms with E-state index in [0.717, 1.165) is 11.5 Å². The zero-order valence-corrected chi connectivity index (χ0v) is 15.1. The van der Waals surface area contributed by atoms with Gasteiger partial charge in [0.1, 0.15) is 5.39 Å². The maximum Gasteiger partial charge on any atom is 0.263 e. The first-order valence-electron chi connectivity index (χ1n) is 8.39. The van der Waals surface area contributed by atoms with Crippen molar-refractivity contribution in [2.75, 3.05) is 5.32 Å². The highest BCUT2D eigenvalue weighted by atomic mass is 16.1. The molecule has 26 heavy (non-hydrogen) atoms. The SMILES string of the molecule is CC(Nc1nc2c(cnn2C(C)(C)C)c(=O)[nH]1)c1nnc2ccccn12. The van der Waals surface area contributed by atoms with Gasteiger partial charge in [-0.15, -0.1) is 10.2 Å². The minimum Gasteiger partial charge on any atom is -0.346 e. The van der Waals surface area contributed by atoms with Gasteiger partial charge in [0.15, 0.2) is 17.1 Å². The smallest absolute Gasteiger partial charge is 0.263 e. The van der Waals surface area contributed by atoms with Crippen molar-refractivity contribution < 1.29 is 0 Å². The predicted molar refractivity (Wildman–Crippen MR) is 98.2 cm³/mol. The topological polar surface area (TPSA) is 106 Å². The van der Waals surface area contributed by atoms with Crippen molar-refractivity contribution >= 4 is 22.6 Å². The molecule has 4 aromatic rings. The van der Waals surface area contributed by atoms with Crippen LogP contribution in [0, 0.1) is 0 Å². The van der Waals surface area contributed by atoms with E-state index in [0.29, 0.717) is 17.0 Å². The van der Waals surface area contributed by atoms with Crippen LogP contribution in [0.2, 0.25) is 0 Å². The van der Waals surface area contributed by atoms with Gasteiger partial charge in [-0.05, 0) is 39.8 Å². The highest BCUT2D eigenvalue weighted by Crippen LogP contribution is 2.20. The largest absolute Gasteiger partial charge is 0.346 e. The number of hydrogen-bond acceptors (Lipinski definition) is 6. The Kier molecular flexibility index (Phi) is 3.53. The van der Waals surface area contributed by atoms with Crippen LogP contribution in [0.4, 0.5) is 5.95 Å². The van der Waals surface area contributed by atoms with Gasteiger partial charge in [-0.2, -0.15) is 10.1 Å². The summed E-state index contributed by atoms with van der Waals surface area (Å²) in [4.78, 5) is 19.7. The average molecular weight is 352 g/mol. The monoisotopic (exact) mass is 352 g/mol. The first-order chi connectivity index (χ1) is 12.3. The Morgan fingerprint density at radius 3 is 2.81 bits per heavy atom. The molecule has 0 fully saturated rings. The average Bonchev–Trinajstić information content (AvgIpc) is 3.18. The Morgan fingerprint density at radius 1 is 1.23 bits per heavy atom. The van der Waals surface area contributed by atoms with Crippen LogP contribution >= 0.6 is 0 Å². The minimum absolute atomic E-state index is 0.209. The molecule has 0 aliphatic heterocycles. The predicted octanol–water partition coefficient (Wildman–Crippen LogP) is 2.09. The molecule has 9 nitrogen and oxygen atoms in total. The fraction of sp³-hybridized carbons (Fsp3) is 0.353. The molecule has 2 N–H and O–H groups in total. The Hall–Kier alpha value is -3.23. The van der Waals surface area contributed by atoms with Crippen LogP contribution in [0.3, 0.4) is 0 Å². The molecule has 4 aromatic heterocycles. The molecule has 4 rings (SSSR count). The highest BCUT2D eigenvalue weighted by molar-refractivity contribution is 5.74. The number of fused-ring (bicyclic) bond motifs is 2. The zero-order valence-electron chi connectivity index (χ0n) is 15.1. The first-order valence-corrected chi connectivity index (χ1v) is 8.39. The van der Waals surface area contributed by atoms with E-state index < -0.39 is 0 Å². The van der Waals surface area contributed by atoms with Crippen molar-refractivity contribution in [2.24, 2.45) is 0 Å². The summed E-state index contributed by atoms with van der Waals surface area (Å²) in [5.74, 6) is 1.10. The van der Waals surface area contributed by atoms with Crippen molar-refractivity contribution in [1.29, 1.82) is 0 Å². The molecule has 0 bridgehead atoms. The van der Waals surface area contributed by atoms with Crippen molar-refractivity contribution in [3.63, 3.8) is 0 Å². The van der Waals surface area contributed by atoms with E-state index in [9.17, 15) is 4.79 Å². The highest BCUT2D eigenvalue weighted by Gasteiger charge is 2.21. The second-order valence-corrected chi connectivity index (χ2v) is 7.23. The van der Waals surface area contributed by atoms with Crippen LogP contribution in [0.1, 0.15) is 39.6 Å². The number of aromatic nitrogens is 7. The lowest BCUT2D eigenvalue weighted by molar-refractivity contribution is 0.366. The molecule has 0 aromatic carbocycles. The van der Waals surface area contributed by atoms with Gasteiger partial charge in [0.2, 0.25) is 5.95 Å². The summed E-state index contributed by atoms with van der Waals surface area (Å²) >= 11 is 0. The van der Waals surface area contributed by atoms with E-state index in [1.165, 1.54) is 0 Å². The van der Waals surface area contributed by atoms with Crippen LogP contribution in [-0.2, 0) is 5.54 Å². The summed E-state index contributed by atoms with van der Waals surface area (Å²) in [6.45, 7) is 7.98. The van der Waals surface area contributed by atoms with Gasteiger partial charge < -0.3 is 5.32 Å². The molecule has 0 radical (unpaired) electrons. The van der Waals surface area contributed by atoms with E-state index >= 15 is 0 Å². The lowest BCUT2D eigenvalue weighted by atomic mass is 10.1. The summed E-state index contributed by atoms with van der Waals surface area (Å²) in [5, 5.41) is 16.4. The van der Waals surface area contributed by atoms with Crippen LogP contribution in [0.25, 0.3) is 16.7 Å². The number of pyridine rings is 1. The number of nitrogens with zero attached hydrogens (tertiary/aromatic N) is 6. The van der Waals surface area contributed by atoms with Gasteiger partial charge in [-0.25, -0.2) is 4.68 Å². The van der Waals surface area contributed by atoms with Gasteiger partial charge in [0.25, 0.3) is 5.56 Å². The van der Waals surface area contributed by atoms with Crippen molar-refractivity contribution in [3.05, 3.63) is 46.8 Å². The minimum atomic E-state index is -0.283. The second-order valence-electron chi connectivity index (χ2n) is 7.23. The molecule has 0 amide bonds.